The smallest absolute Gasteiger partial charge is 0.273 e. The molecule has 0 saturated carbocycles. The van der Waals surface area contributed by atoms with Gasteiger partial charge < -0.3 is 19.6 Å². The fraction of sp³-hybridized carbons (Fsp3) is 0.100. The van der Waals surface area contributed by atoms with Gasteiger partial charge in [0, 0.05) is 13.1 Å². The van der Waals surface area contributed by atoms with Gasteiger partial charge in [-0.25, -0.2) is 4.39 Å². The average Bonchev–Trinajstić information content (AvgIpc) is 2.76. The number of aromatic nitrogens is 2. The summed E-state index contributed by atoms with van der Waals surface area (Å²) >= 11 is 3.29. The number of benzene rings is 2. The molecule has 0 atom stereocenters. The number of hydrogen-bond donors (Lipinski definition) is 1. The van der Waals surface area contributed by atoms with E-state index in [9.17, 15) is 13.6 Å². The Morgan fingerprint density at radius 1 is 1.06 bits per heavy atom. The van der Waals surface area contributed by atoms with Gasteiger partial charge in [0.05, 0.1) is 10.0 Å². The van der Waals surface area contributed by atoms with Crippen molar-refractivity contribution in [1.82, 2.24) is 15.3 Å². The van der Waals surface area contributed by atoms with E-state index < -0.39 is 29.3 Å². The Bertz CT molecular complexity index is 1140. The van der Waals surface area contributed by atoms with Crippen molar-refractivity contribution in [3.8, 4) is 23.3 Å². The van der Waals surface area contributed by atoms with Crippen molar-refractivity contribution in [1.29, 1.82) is 0 Å². The van der Waals surface area contributed by atoms with Gasteiger partial charge in [0.25, 0.3) is 17.7 Å². The number of nitrogens with zero attached hydrogens (tertiary/aromatic N) is 3. The van der Waals surface area contributed by atoms with E-state index in [1.165, 1.54) is 20.2 Å². The zero-order valence-electron chi connectivity index (χ0n) is 16.2. The van der Waals surface area contributed by atoms with Crippen molar-refractivity contribution in [2.75, 3.05) is 14.2 Å². The zero-order valence-corrected chi connectivity index (χ0v) is 17.8. The third kappa shape index (κ3) is 5.12. The number of halogens is 3. The standard InChI is InChI=1S/C20H15BrF2N4O4/c1-24-18(28)17(27-29-2)12-8-7-11(22)9-15(12)31-20-16(23)19(25-10-26-20)30-14-6-4-3-5-13(14)21/h3-10H,1-2H3,(H,24,28)/b27-17+. The number of carbonyl (C=O) groups excluding carboxylic acids is 1. The van der Waals surface area contributed by atoms with Crippen molar-refractivity contribution in [3.05, 3.63) is 70.5 Å². The normalized spacial score (nSPS) is 11.1. The van der Waals surface area contributed by atoms with Crippen molar-refractivity contribution in [3.63, 3.8) is 0 Å². The van der Waals surface area contributed by atoms with Crippen LogP contribution in [0.25, 0.3) is 0 Å². The number of amides is 1. The van der Waals surface area contributed by atoms with Crippen LogP contribution >= 0.6 is 15.9 Å². The number of nitrogens with one attached hydrogen (secondary N) is 1. The van der Waals surface area contributed by atoms with Crippen LogP contribution in [0.5, 0.6) is 23.3 Å². The Labute approximate surface area is 184 Å². The molecule has 0 saturated heterocycles. The quantitative estimate of drug-likeness (QED) is 0.392. The van der Waals surface area contributed by atoms with Gasteiger partial charge in [-0.1, -0.05) is 17.3 Å². The lowest BCUT2D eigenvalue weighted by Gasteiger charge is -2.13. The lowest BCUT2D eigenvalue weighted by molar-refractivity contribution is -0.114. The van der Waals surface area contributed by atoms with E-state index in [-0.39, 0.29) is 17.0 Å². The van der Waals surface area contributed by atoms with Gasteiger partial charge in [-0.05, 0) is 40.2 Å². The lowest BCUT2D eigenvalue weighted by Crippen LogP contribution is -2.29. The molecule has 1 heterocycles. The minimum Gasteiger partial charge on any atom is -0.435 e. The van der Waals surface area contributed by atoms with Crippen LogP contribution < -0.4 is 14.8 Å². The molecule has 3 rings (SSSR count). The monoisotopic (exact) mass is 492 g/mol. The van der Waals surface area contributed by atoms with Crippen LogP contribution in [-0.4, -0.2) is 35.7 Å². The molecular formula is C20H15BrF2N4O4. The fourth-order valence-corrected chi connectivity index (χ4v) is 2.78. The molecule has 0 aliphatic heterocycles. The second-order valence-corrected chi connectivity index (χ2v) is 6.63. The molecule has 31 heavy (non-hydrogen) atoms. The summed E-state index contributed by atoms with van der Waals surface area (Å²) in [5.41, 5.74) is -0.159. The highest BCUT2D eigenvalue weighted by molar-refractivity contribution is 9.10. The van der Waals surface area contributed by atoms with Crippen LogP contribution in [0.4, 0.5) is 8.78 Å². The summed E-state index contributed by atoms with van der Waals surface area (Å²) in [4.78, 5) is 24.4. The minimum absolute atomic E-state index is 0.0499. The number of oxime groups is 1. The van der Waals surface area contributed by atoms with Gasteiger partial charge in [0.15, 0.2) is 5.71 Å². The van der Waals surface area contributed by atoms with Gasteiger partial charge in [0.1, 0.15) is 30.8 Å². The molecule has 0 unspecified atom stereocenters. The predicted octanol–water partition coefficient (Wildman–Crippen LogP) is 4.20. The highest BCUT2D eigenvalue weighted by atomic mass is 79.9. The zero-order chi connectivity index (χ0) is 22.4. The molecule has 0 bridgehead atoms. The molecule has 160 valence electrons. The summed E-state index contributed by atoms with van der Waals surface area (Å²) < 4.78 is 40.4. The molecule has 8 nitrogen and oxygen atoms in total. The lowest BCUT2D eigenvalue weighted by atomic mass is 10.1. The van der Waals surface area contributed by atoms with Gasteiger partial charge in [-0.15, -0.1) is 0 Å². The summed E-state index contributed by atoms with van der Waals surface area (Å²) in [5.74, 6) is -3.20. The molecule has 3 aromatic rings. The van der Waals surface area contributed by atoms with Gasteiger partial charge >= 0.3 is 0 Å². The number of rotatable bonds is 7. The Morgan fingerprint density at radius 3 is 2.39 bits per heavy atom. The number of hydrogen-bond acceptors (Lipinski definition) is 7. The fourth-order valence-electron chi connectivity index (χ4n) is 2.42. The van der Waals surface area contributed by atoms with Crippen LogP contribution in [0, 0.1) is 11.6 Å². The topological polar surface area (TPSA) is 94.9 Å². The third-order valence-electron chi connectivity index (χ3n) is 3.80. The van der Waals surface area contributed by atoms with Gasteiger partial charge in [0.2, 0.25) is 5.82 Å². The van der Waals surface area contributed by atoms with Crippen molar-refractivity contribution in [2.45, 2.75) is 0 Å². The van der Waals surface area contributed by atoms with Gasteiger partial charge in [-0.2, -0.15) is 14.4 Å². The van der Waals surface area contributed by atoms with Crippen molar-refractivity contribution >= 4 is 27.5 Å². The summed E-state index contributed by atoms with van der Waals surface area (Å²) in [6.07, 6.45) is 1.02. The second-order valence-electron chi connectivity index (χ2n) is 5.77. The van der Waals surface area contributed by atoms with Gasteiger partial charge in [-0.3, -0.25) is 4.79 Å². The first-order chi connectivity index (χ1) is 14.9. The molecule has 1 amide bonds. The molecule has 0 radical (unpaired) electrons. The second kappa shape index (κ2) is 9.94. The van der Waals surface area contributed by atoms with Crippen molar-refractivity contribution in [2.24, 2.45) is 5.16 Å². The van der Waals surface area contributed by atoms with Crippen LogP contribution in [0.15, 0.2) is 58.4 Å². The van der Waals surface area contributed by atoms with Crippen LogP contribution in [0.2, 0.25) is 0 Å². The highest BCUT2D eigenvalue weighted by Gasteiger charge is 2.22. The summed E-state index contributed by atoms with van der Waals surface area (Å²) in [6, 6.07) is 10.1. The van der Waals surface area contributed by atoms with E-state index in [1.54, 1.807) is 24.3 Å². The maximum absolute atomic E-state index is 15.0. The largest absolute Gasteiger partial charge is 0.435 e. The number of para-hydroxylation sites is 1. The number of ether oxygens (including phenoxy) is 2. The first-order valence-electron chi connectivity index (χ1n) is 8.68. The molecule has 1 N–H and O–H groups in total. The van der Waals surface area contributed by atoms with E-state index in [0.29, 0.717) is 10.2 Å². The minimum atomic E-state index is -1.03. The first kappa shape index (κ1) is 22.1. The van der Waals surface area contributed by atoms with E-state index in [2.05, 4.69) is 36.4 Å². The highest BCUT2D eigenvalue weighted by Crippen LogP contribution is 2.34. The molecule has 1 aromatic heterocycles. The Morgan fingerprint density at radius 2 is 1.74 bits per heavy atom. The molecule has 0 aliphatic rings. The molecule has 0 aliphatic carbocycles. The maximum Gasteiger partial charge on any atom is 0.273 e. The number of carbonyl (C=O) groups is 1. The summed E-state index contributed by atoms with van der Waals surface area (Å²) in [5, 5.41) is 6.03. The molecular weight excluding hydrogens is 478 g/mol. The molecule has 2 aromatic carbocycles. The van der Waals surface area contributed by atoms with E-state index >= 15 is 0 Å². The molecule has 0 fully saturated rings. The SMILES string of the molecule is CNC(=O)/C(=N/OC)c1ccc(F)cc1Oc1ncnc(Oc2ccccc2Br)c1F. The Kier molecular flexibility index (Phi) is 7.08. The Balaban J connectivity index is 2.00. The van der Waals surface area contributed by atoms with Crippen LogP contribution in [0.3, 0.4) is 0 Å². The molecule has 11 heteroatoms. The van der Waals surface area contributed by atoms with E-state index in [4.69, 9.17) is 14.3 Å². The van der Waals surface area contributed by atoms with Crippen LogP contribution in [0.1, 0.15) is 5.56 Å². The van der Waals surface area contributed by atoms with E-state index in [1.807, 2.05) is 0 Å². The first-order valence-corrected chi connectivity index (χ1v) is 9.47. The third-order valence-corrected chi connectivity index (χ3v) is 4.45. The average molecular weight is 493 g/mol. The summed E-state index contributed by atoms with van der Waals surface area (Å²) in [7, 11) is 2.62. The summed E-state index contributed by atoms with van der Waals surface area (Å²) in [6.45, 7) is 0. The van der Waals surface area contributed by atoms with Crippen molar-refractivity contribution < 1.29 is 27.9 Å². The Hall–Kier alpha value is -3.60. The van der Waals surface area contributed by atoms with Crippen LogP contribution in [-0.2, 0) is 9.63 Å². The predicted molar refractivity (Wildman–Crippen MR) is 110 cm³/mol. The molecule has 0 spiro atoms. The van der Waals surface area contributed by atoms with E-state index in [0.717, 1.165) is 18.5 Å². The maximum atomic E-state index is 15.0. The number of likely N-dealkylation sites (N-methyl/N-ethyl adjacent to an activating group) is 1.